The molecule has 2 rings (SSSR count). The Morgan fingerprint density at radius 3 is 2.55 bits per heavy atom. The molecule has 1 N–H and O–H groups in total. The zero-order valence-corrected chi connectivity index (χ0v) is 10.5. The third-order valence-corrected chi connectivity index (χ3v) is 2.50. The van der Waals surface area contributed by atoms with Crippen LogP contribution in [0.2, 0.25) is 0 Å². The van der Waals surface area contributed by atoms with Crippen molar-refractivity contribution in [3.63, 3.8) is 0 Å². The number of ether oxygens (including phenoxy) is 1. The number of rotatable bonds is 4. The molecule has 0 aromatic heterocycles. The monoisotopic (exact) mass is 270 g/mol. The molecule has 1 amide bonds. The lowest BCUT2D eigenvalue weighted by molar-refractivity contribution is -0.118. The lowest BCUT2D eigenvalue weighted by Crippen LogP contribution is -2.20. The molecule has 2 aromatic rings. The summed E-state index contributed by atoms with van der Waals surface area (Å²) in [5.74, 6) is -0.494. The lowest BCUT2D eigenvalue weighted by Gasteiger charge is -2.08. The summed E-state index contributed by atoms with van der Waals surface area (Å²) in [5, 5.41) is 11.1. The first-order valence-corrected chi connectivity index (χ1v) is 5.86. The number of nitriles is 1. The number of benzene rings is 2. The topological polar surface area (TPSA) is 62.1 Å². The predicted molar refractivity (Wildman–Crippen MR) is 71.7 cm³/mol. The maximum Gasteiger partial charge on any atom is 0.262 e. The van der Waals surface area contributed by atoms with E-state index in [0.717, 1.165) is 0 Å². The van der Waals surface area contributed by atoms with Crippen molar-refractivity contribution in [3.8, 4) is 11.8 Å². The van der Waals surface area contributed by atoms with E-state index in [1.54, 1.807) is 30.3 Å². The highest BCUT2D eigenvalue weighted by molar-refractivity contribution is 5.91. The van der Waals surface area contributed by atoms with Gasteiger partial charge in [-0.2, -0.15) is 5.26 Å². The summed E-state index contributed by atoms with van der Waals surface area (Å²) < 4.78 is 18.5. The Labute approximate surface area is 115 Å². The van der Waals surface area contributed by atoms with Gasteiger partial charge in [0.25, 0.3) is 5.91 Å². The van der Waals surface area contributed by atoms with Crippen LogP contribution < -0.4 is 10.1 Å². The maximum atomic E-state index is 13.3. The Kier molecular flexibility index (Phi) is 4.30. The largest absolute Gasteiger partial charge is 0.484 e. The van der Waals surface area contributed by atoms with Crippen molar-refractivity contribution in [1.82, 2.24) is 0 Å². The number of carbonyl (C=O) groups excluding carboxylic acids is 1. The Bertz CT molecular complexity index is 648. The highest BCUT2D eigenvalue weighted by Gasteiger charge is 2.07. The molecule has 0 saturated heterocycles. The lowest BCUT2D eigenvalue weighted by atomic mass is 10.2. The van der Waals surface area contributed by atoms with Gasteiger partial charge in [0.2, 0.25) is 0 Å². The number of hydrogen-bond acceptors (Lipinski definition) is 3. The van der Waals surface area contributed by atoms with Gasteiger partial charge in [0.15, 0.2) is 6.61 Å². The van der Waals surface area contributed by atoms with Gasteiger partial charge >= 0.3 is 0 Å². The highest BCUT2D eigenvalue weighted by atomic mass is 19.1. The maximum absolute atomic E-state index is 13.3. The minimum atomic E-state index is -0.501. The van der Waals surface area contributed by atoms with Gasteiger partial charge in [-0.1, -0.05) is 12.1 Å². The fourth-order valence-corrected chi connectivity index (χ4v) is 1.52. The van der Waals surface area contributed by atoms with Crippen molar-refractivity contribution >= 4 is 11.6 Å². The molecule has 0 unspecified atom stereocenters. The van der Waals surface area contributed by atoms with Crippen LogP contribution in [0, 0.1) is 17.1 Å². The average molecular weight is 270 g/mol. The number of nitrogens with one attached hydrogen (secondary N) is 1. The third-order valence-electron chi connectivity index (χ3n) is 2.50. The molecule has 0 saturated carbocycles. The molecule has 0 bridgehead atoms. The van der Waals surface area contributed by atoms with Crippen LogP contribution in [-0.4, -0.2) is 12.5 Å². The second kappa shape index (κ2) is 6.34. The van der Waals surface area contributed by atoms with E-state index in [0.29, 0.717) is 11.3 Å². The molecule has 0 spiro atoms. The van der Waals surface area contributed by atoms with E-state index in [9.17, 15) is 9.18 Å². The first kappa shape index (κ1) is 13.6. The van der Waals surface area contributed by atoms with Gasteiger partial charge in [-0.3, -0.25) is 4.79 Å². The van der Waals surface area contributed by atoms with E-state index in [4.69, 9.17) is 10.00 Å². The standard InChI is InChI=1S/C15H11FN2O2/c16-13-3-1-2-4-14(13)18-15(19)10-20-12-7-5-11(9-17)6-8-12/h1-8H,10H2,(H,18,19). The van der Waals surface area contributed by atoms with Crippen LogP contribution in [0.3, 0.4) is 0 Å². The van der Waals surface area contributed by atoms with E-state index in [2.05, 4.69) is 5.32 Å². The molecular formula is C15H11FN2O2. The van der Waals surface area contributed by atoms with E-state index in [1.807, 2.05) is 6.07 Å². The van der Waals surface area contributed by atoms with Crippen LogP contribution >= 0.6 is 0 Å². The predicted octanol–water partition coefficient (Wildman–Crippen LogP) is 2.71. The third kappa shape index (κ3) is 3.56. The van der Waals surface area contributed by atoms with E-state index < -0.39 is 11.7 Å². The number of halogens is 1. The molecule has 0 aliphatic carbocycles. The summed E-state index contributed by atoms with van der Waals surface area (Å²) >= 11 is 0. The minimum absolute atomic E-state index is 0.112. The second-order valence-corrected chi connectivity index (χ2v) is 3.95. The van der Waals surface area contributed by atoms with Gasteiger partial charge < -0.3 is 10.1 Å². The summed E-state index contributed by atoms with van der Waals surface area (Å²) in [5.41, 5.74) is 0.620. The fourth-order valence-electron chi connectivity index (χ4n) is 1.52. The number of hydrogen-bond donors (Lipinski definition) is 1. The highest BCUT2D eigenvalue weighted by Crippen LogP contribution is 2.13. The molecule has 0 aliphatic heterocycles. The molecule has 100 valence electrons. The smallest absolute Gasteiger partial charge is 0.262 e. The fraction of sp³-hybridized carbons (Fsp3) is 0.0667. The SMILES string of the molecule is N#Cc1ccc(OCC(=O)Nc2ccccc2F)cc1. The molecule has 0 heterocycles. The average Bonchev–Trinajstić information content (AvgIpc) is 2.48. The number of nitrogens with zero attached hydrogens (tertiary/aromatic N) is 1. The summed E-state index contributed by atoms with van der Waals surface area (Å²) in [6.07, 6.45) is 0. The summed E-state index contributed by atoms with van der Waals surface area (Å²) in [7, 11) is 0. The van der Waals surface area contributed by atoms with Crippen LogP contribution in [0.5, 0.6) is 5.75 Å². The van der Waals surface area contributed by atoms with Crippen LogP contribution in [0.4, 0.5) is 10.1 Å². The minimum Gasteiger partial charge on any atom is -0.484 e. The van der Waals surface area contributed by atoms with E-state index >= 15 is 0 Å². The molecule has 0 aliphatic rings. The quantitative estimate of drug-likeness (QED) is 0.929. The van der Waals surface area contributed by atoms with Crippen LogP contribution in [0.1, 0.15) is 5.56 Å². The summed E-state index contributed by atoms with van der Waals surface area (Å²) in [6, 6.07) is 14.2. The first-order valence-electron chi connectivity index (χ1n) is 5.86. The Balaban J connectivity index is 1.89. The Hall–Kier alpha value is -2.87. The Morgan fingerprint density at radius 2 is 1.90 bits per heavy atom. The summed E-state index contributed by atoms with van der Waals surface area (Å²) in [6.45, 7) is -0.236. The zero-order valence-electron chi connectivity index (χ0n) is 10.5. The van der Waals surface area contributed by atoms with Gasteiger partial charge in [0, 0.05) is 0 Å². The molecule has 2 aromatic carbocycles. The van der Waals surface area contributed by atoms with Crippen LogP contribution in [-0.2, 0) is 4.79 Å². The molecular weight excluding hydrogens is 259 g/mol. The Morgan fingerprint density at radius 1 is 1.20 bits per heavy atom. The molecule has 5 heteroatoms. The van der Waals surface area contributed by atoms with Gasteiger partial charge in [-0.15, -0.1) is 0 Å². The van der Waals surface area contributed by atoms with Crippen molar-refractivity contribution in [2.75, 3.05) is 11.9 Å². The van der Waals surface area contributed by atoms with Gasteiger partial charge in [-0.25, -0.2) is 4.39 Å². The van der Waals surface area contributed by atoms with Crippen molar-refractivity contribution in [2.24, 2.45) is 0 Å². The molecule has 0 fully saturated rings. The van der Waals surface area contributed by atoms with Gasteiger partial charge in [-0.05, 0) is 36.4 Å². The molecule has 4 nitrogen and oxygen atoms in total. The second-order valence-electron chi connectivity index (χ2n) is 3.95. The molecule has 20 heavy (non-hydrogen) atoms. The zero-order chi connectivity index (χ0) is 14.4. The van der Waals surface area contributed by atoms with E-state index in [-0.39, 0.29) is 12.3 Å². The van der Waals surface area contributed by atoms with Crippen LogP contribution in [0.25, 0.3) is 0 Å². The van der Waals surface area contributed by atoms with Crippen molar-refractivity contribution in [1.29, 1.82) is 5.26 Å². The van der Waals surface area contributed by atoms with Crippen molar-refractivity contribution < 1.29 is 13.9 Å². The normalized spacial score (nSPS) is 9.60. The number of carbonyl (C=O) groups is 1. The van der Waals surface area contributed by atoms with Crippen molar-refractivity contribution in [2.45, 2.75) is 0 Å². The number of anilines is 1. The van der Waals surface area contributed by atoms with Crippen molar-refractivity contribution in [3.05, 3.63) is 59.9 Å². The molecule has 0 atom stereocenters. The van der Waals surface area contributed by atoms with Crippen LogP contribution in [0.15, 0.2) is 48.5 Å². The number of para-hydroxylation sites is 1. The first-order chi connectivity index (χ1) is 9.69. The van der Waals surface area contributed by atoms with Gasteiger partial charge in [0.1, 0.15) is 11.6 Å². The molecule has 0 radical (unpaired) electrons. The summed E-state index contributed by atoms with van der Waals surface area (Å²) in [4.78, 5) is 11.6. The van der Waals surface area contributed by atoms with Gasteiger partial charge in [0.05, 0.1) is 17.3 Å². The van der Waals surface area contributed by atoms with E-state index in [1.165, 1.54) is 18.2 Å². The number of amides is 1.